The number of hydrogen-bond donors (Lipinski definition) is 0. The van der Waals surface area contributed by atoms with Crippen LogP contribution in [0.2, 0.25) is 0 Å². The zero-order valence-corrected chi connectivity index (χ0v) is 36.7. The van der Waals surface area contributed by atoms with Gasteiger partial charge in [0.25, 0.3) is 0 Å². The van der Waals surface area contributed by atoms with Gasteiger partial charge in [-0.25, -0.2) is 0 Å². The Labute approximate surface area is 351 Å². The van der Waals surface area contributed by atoms with Crippen molar-refractivity contribution in [3.8, 4) is 4.37 Å². The van der Waals surface area contributed by atoms with Crippen LogP contribution >= 0.6 is 7.26 Å². The molecule has 1 saturated heterocycles. The second-order valence-electron chi connectivity index (χ2n) is 14.9. The van der Waals surface area contributed by atoms with E-state index >= 15 is 0 Å². The molecule has 0 radical (unpaired) electrons. The van der Waals surface area contributed by atoms with Gasteiger partial charge in [-0.2, -0.15) is 0 Å². The van der Waals surface area contributed by atoms with E-state index in [1.165, 1.54) is 81.5 Å². The number of benzene rings is 6. The van der Waals surface area contributed by atoms with E-state index in [-0.39, 0.29) is 0 Å². The van der Waals surface area contributed by atoms with Gasteiger partial charge in [0, 0.05) is 18.0 Å². The van der Waals surface area contributed by atoms with Gasteiger partial charge in [0.15, 0.2) is 0 Å². The van der Waals surface area contributed by atoms with Crippen molar-refractivity contribution >= 4 is 78.9 Å². The predicted molar refractivity (Wildman–Crippen MR) is 247 cm³/mol. The first-order valence-corrected chi connectivity index (χ1v) is 22.9. The van der Waals surface area contributed by atoms with E-state index < -0.39 is 7.26 Å². The van der Waals surface area contributed by atoms with Crippen LogP contribution in [0.25, 0.3) is 55.8 Å². The van der Waals surface area contributed by atoms with Gasteiger partial charge in [0.2, 0.25) is 0 Å². The third-order valence-corrected chi connectivity index (χ3v) is 17.1. The molecule has 9 rings (SSSR count). The van der Waals surface area contributed by atoms with E-state index in [1.807, 2.05) is 17.9 Å². The molecule has 6 aromatic carbocycles. The Balaban J connectivity index is 1.25. The Bertz CT molecular complexity index is 2970. The molecule has 285 valence electrons. The van der Waals surface area contributed by atoms with Crippen LogP contribution in [-0.2, 0) is 36.8 Å². The molecule has 5 heteroatoms. The van der Waals surface area contributed by atoms with Gasteiger partial charge in [0.05, 0.1) is 0 Å². The third-order valence-electron chi connectivity index (χ3n) is 11.7. The molecule has 1 aliphatic heterocycles. The first-order valence-electron chi connectivity index (χ1n) is 19.8. The molecule has 8 aromatic rings. The summed E-state index contributed by atoms with van der Waals surface area (Å²) in [5.74, 6) is 0. The molecule has 3 nitrogen and oxygen atoms in total. The summed E-state index contributed by atoms with van der Waals surface area (Å²) in [6, 6.07) is 51.7. The van der Waals surface area contributed by atoms with Crippen molar-refractivity contribution < 1.29 is 22.7 Å². The second kappa shape index (κ2) is 16.0. The Kier molecular flexibility index (Phi) is 10.5. The molecule has 0 amide bonds. The van der Waals surface area contributed by atoms with Crippen molar-refractivity contribution in [2.24, 2.45) is 14.1 Å². The summed E-state index contributed by atoms with van der Waals surface area (Å²) in [6.07, 6.45) is 13.4. The fourth-order valence-corrected chi connectivity index (χ4v) is 14.7. The van der Waals surface area contributed by atoms with Crippen molar-refractivity contribution in [2.45, 2.75) is 13.8 Å². The van der Waals surface area contributed by atoms with Crippen LogP contribution in [0.4, 0.5) is 0 Å². The molecule has 0 aliphatic carbocycles. The van der Waals surface area contributed by atoms with Crippen LogP contribution in [0.1, 0.15) is 25.0 Å². The Morgan fingerprint density at radius 2 is 1.05 bits per heavy atom. The molecule has 3 heterocycles. The number of nitrogens with zero attached hydrogens (tertiary/aromatic N) is 2. The average Bonchev–Trinajstić information content (AvgIpc) is 3.93. The standard InChI is InChI=1S/C53H45N2OP.Os/c1-6-17-38-25-28-46-48-33-53-49(34-52(48)54(4)50(46)30-38)47-29-26-39(31-51(47)55(53)5)24-27-41(32-42-36-56-35-40(42)7-2)37(3)57(43-18-11-8-12-19-43,44-20-13-9-14-21-44)45-22-15-10-16-23-45;/h6-34H,35-36H2,1-2,4-5H3;/q+1;/b17-6+,27-24+,40-7?,41-37?,42-32?;. The van der Waals surface area contributed by atoms with Crippen LogP contribution in [0.3, 0.4) is 0 Å². The van der Waals surface area contributed by atoms with Gasteiger partial charge in [-0.15, -0.1) is 0 Å². The number of aryl methyl sites for hydroxylation is 2. The minimum absolute atomic E-state index is 0.590. The van der Waals surface area contributed by atoms with Gasteiger partial charge in [-0.3, -0.25) is 0 Å². The molecule has 0 N–H and O–H groups in total. The third kappa shape index (κ3) is 6.43. The van der Waals surface area contributed by atoms with Crippen LogP contribution in [0.5, 0.6) is 0 Å². The van der Waals surface area contributed by atoms with E-state index in [2.05, 4.69) is 217 Å². The first-order chi connectivity index (χ1) is 28.5. The monoisotopic (exact) mass is 948 g/mol. The average molecular weight is 947 g/mol. The van der Waals surface area contributed by atoms with Gasteiger partial charge >= 0.3 is 288 Å². The maximum absolute atomic E-state index is 6.04. The quantitative estimate of drug-likeness (QED) is 0.110. The molecule has 1 fully saturated rings. The SMILES string of the molecule is CC=C1COCC1=CC(/C=C/c1ccc2c3cc4c(cc3n(C)c2c1)c1ccc(/C=C/C)cc1n4C)=C([C]#[Os])[P+](c1ccccc1)(c1ccccc1)c1ccccc1. The molecule has 0 unspecified atom stereocenters. The molecule has 0 saturated carbocycles. The fourth-order valence-electron chi connectivity index (χ4n) is 8.85. The molecule has 1 aliphatic rings. The molecule has 58 heavy (non-hydrogen) atoms. The first kappa shape index (κ1) is 38.0. The van der Waals surface area contributed by atoms with Crippen molar-refractivity contribution in [3.63, 3.8) is 0 Å². The molecule has 0 bridgehead atoms. The number of ether oxygens (including phenoxy) is 1. The Morgan fingerprint density at radius 3 is 1.52 bits per heavy atom. The van der Waals surface area contributed by atoms with Crippen LogP contribution in [0, 0.1) is 4.37 Å². The van der Waals surface area contributed by atoms with E-state index in [9.17, 15) is 0 Å². The number of hydrogen-bond acceptors (Lipinski definition) is 1. The molecule has 2 aromatic heterocycles. The van der Waals surface area contributed by atoms with Gasteiger partial charge in [-0.1, -0.05) is 24.3 Å². The van der Waals surface area contributed by atoms with E-state index in [0.29, 0.717) is 13.2 Å². The zero-order chi connectivity index (χ0) is 39.8. The van der Waals surface area contributed by atoms with E-state index in [1.54, 1.807) is 0 Å². The summed E-state index contributed by atoms with van der Waals surface area (Å²) >= 11 is 1.82. The number of allylic oxidation sites excluding steroid dienone is 6. The number of rotatable bonds is 8. The normalized spacial score (nSPS) is 15.6. The van der Waals surface area contributed by atoms with Crippen molar-refractivity contribution in [3.05, 3.63) is 197 Å². The summed E-state index contributed by atoms with van der Waals surface area (Å²) in [6.45, 7) is 5.40. The summed E-state index contributed by atoms with van der Waals surface area (Å²) in [5, 5.41) is 10.2. The molecule has 0 spiro atoms. The van der Waals surface area contributed by atoms with Gasteiger partial charge in [0.1, 0.15) is 0 Å². The van der Waals surface area contributed by atoms with Crippen LogP contribution in [-0.4, -0.2) is 22.3 Å². The molecule has 0 atom stereocenters. The van der Waals surface area contributed by atoms with E-state index in [0.717, 1.165) is 11.1 Å². The molecular weight excluding hydrogens is 902 g/mol. The fraction of sp³-hybridized carbons (Fsp3) is 0.113. The Morgan fingerprint density at radius 1 is 0.586 bits per heavy atom. The van der Waals surface area contributed by atoms with Crippen LogP contribution < -0.4 is 15.9 Å². The van der Waals surface area contributed by atoms with Crippen molar-refractivity contribution in [1.82, 2.24) is 9.13 Å². The van der Waals surface area contributed by atoms with Crippen LogP contribution in [0.15, 0.2) is 186 Å². The Hall–Kier alpha value is -5.57. The predicted octanol–water partition coefficient (Wildman–Crippen LogP) is 11.7. The molecular formula is C53H45N2OOsP+. The number of aromatic nitrogens is 2. The topological polar surface area (TPSA) is 19.1 Å². The minimum atomic E-state index is -2.43. The summed E-state index contributed by atoms with van der Waals surface area (Å²) in [7, 11) is 1.96. The number of fused-ring (bicyclic) bond motifs is 6. The van der Waals surface area contributed by atoms with Crippen molar-refractivity contribution in [1.29, 1.82) is 0 Å². The summed E-state index contributed by atoms with van der Waals surface area (Å²) in [4.78, 5) is 0. The van der Waals surface area contributed by atoms with E-state index in [4.69, 9.17) is 4.74 Å². The zero-order valence-electron chi connectivity index (χ0n) is 33.3. The maximum atomic E-state index is 6.04. The summed E-state index contributed by atoms with van der Waals surface area (Å²) in [5.41, 5.74) is 10.9. The van der Waals surface area contributed by atoms with Gasteiger partial charge < -0.3 is 4.57 Å². The second-order valence-corrected chi connectivity index (χ2v) is 18.9. The van der Waals surface area contributed by atoms with Crippen molar-refractivity contribution in [2.75, 3.05) is 13.2 Å². The summed E-state index contributed by atoms with van der Waals surface area (Å²) < 4.78 is 14.6. The van der Waals surface area contributed by atoms with Gasteiger partial charge in [-0.05, 0) is 18.6 Å².